The number of aromatic nitrogens is 1. The van der Waals surface area contributed by atoms with Gasteiger partial charge in [0.2, 0.25) is 0 Å². The zero-order valence-electron chi connectivity index (χ0n) is 8.86. The van der Waals surface area contributed by atoms with E-state index in [4.69, 9.17) is 5.73 Å². The third-order valence-corrected chi connectivity index (χ3v) is 3.16. The molecule has 0 aliphatic heterocycles. The highest BCUT2D eigenvalue weighted by Crippen LogP contribution is 2.18. The first-order valence-electron chi connectivity index (χ1n) is 5.10. The van der Waals surface area contributed by atoms with E-state index in [1.165, 1.54) is 5.01 Å². The molecular formula is C10H19N3S. The molecule has 2 unspecified atom stereocenters. The molecule has 1 rings (SSSR count). The van der Waals surface area contributed by atoms with Gasteiger partial charge in [-0.3, -0.25) is 0 Å². The molecule has 0 saturated heterocycles. The van der Waals surface area contributed by atoms with E-state index in [0.717, 1.165) is 19.5 Å². The number of rotatable bonds is 6. The number of hydrogen-bond acceptors (Lipinski definition) is 4. The topological polar surface area (TPSA) is 50.9 Å². The largest absolute Gasteiger partial charge is 0.330 e. The summed E-state index contributed by atoms with van der Waals surface area (Å²) in [5.74, 6) is 0.531. The molecule has 0 spiro atoms. The Labute approximate surface area is 89.7 Å². The summed E-state index contributed by atoms with van der Waals surface area (Å²) in [5, 5.41) is 6.69. The molecule has 1 heterocycles. The van der Waals surface area contributed by atoms with Crippen LogP contribution in [0.5, 0.6) is 0 Å². The molecule has 0 radical (unpaired) electrons. The van der Waals surface area contributed by atoms with Gasteiger partial charge >= 0.3 is 0 Å². The van der Waals surface area contributed by atoms with Gasteiger partial charge in [0.15, 0.2) is 0 Å². The summed E-state index contributed by atoms with van der Waals surface area (Å²) in [6, 6.07) is 0.393. The highest BCUT2D eigenvalue weighted by Gasteiger charge is 2.11. The summed E-state index contributed by atoms with van der Waals surface area (Å²) in [5.41, 5.74) is 5.57. The van der Waals surface area contributed by atoms with E-state index in [-0.39, 0.29) is 0 Å². The van der Waals surface area contributed by atoms with Crippen LogP contribution >= 0.6 is 11.3 Å². The van der Waals surface area contributed by atoms with E-state index in [9.17, 15) is 0 Å². The van der Waals surface area contributed by atoms with Crippen LogP contribution in [0.2, 0.25) is 0 Å². The molecule has 1 aromatic heterocycles. The predicted molar refractivity (Wildman–Crippen MR) is 61.4 cm³/mol. The Balaban J connectivity index is 2.40. The summed E-state index contributed by atoms with van der Waals surface area (Å²) >= 11 is 1.71. The van der Waals surface area contributed by atoms with Crippen molar-refractivity contribution in [3.05, 3.63) is 16.6 Å². The van der Waals surface area contributed by atoms with Gasteiger partial charge in [0.1, 0.15) is 5.01 Å². The van der Waals surface area contributed by atoms with Gasteiger partial charge < -0.3 is 11.1 Å². The zero-order chi connectivity index (χ0) is 10.4. The van der Waals surface area contributed by atoms with Gasteiger partial charge in [-0.05, 0) is 25.4 Å². The fourth-order valence-electron chi connectivity index (χ4n) is 1.24. The Morgan fingerprint density at radius 1 is 1.64 bits per heavy atom. The zero-order valence-corrected chi connectivity index (χ0v) is 9.68. The van der Waals surface area contributed by atoms with Crippen molar-refractivity contribution in [3.63, 3.8) is 0 Å². The second-order valence-corrected chi connectivity index (χ2v) is 4.51. The minimum Gasteiger partial charge on any atom is -0.330 e. The van der Waals surface area contributed by atoms with Crippen molar-refractivity contribution in [1.29, 1.82) is 0 Å². The molecule has 0 aliphatic carbocycles. The lowest BCUT2D eigenvalue weighted by Gasteiger charge is -2.17. The first kappa shape index (κ1) is 11.6. The van der Waals surface area contributed by atoms with Crippen LogP contribution in [0.3, 0.4) is 0 Å². The predicted octanol–water partition coefficient (Wildman–Crippen LogP) is 1.78. The Kier molecular flexibility index (Phi) is 5.07. The number of hydrogen-bond donors (Lipinski definition) is 2. The van der Waals surface area contributed by atoms with Crippen molar-refractivity contribution < 1.29 is 0 Å². The van der Waals surface area contributed by atoms with Gasteiger partial charge in [0.05, 0.1) is 6.04 Å². The number of thiazole rings is 1. The number of nitrogens with one attached hydrogen (secondary N) is 1. The second kappa shape index (κ2) is 6.11. The number of nitrogens with two attached hydrogens (primary N) is 1. The van der Waals surface area contributed by atoms with E-state index >= 15 is 0 Å². The smallest absolute Gasteiger partial charge is 0.109 e. The molecule has 0 amide bonds. The normalized spacial score (nSPS) is 15.4. The SMILES string of the molecule is CCC(NCC(C)CN)c1nccs1. The van der Waals surface area contributed by atoms with Crippen molar-refractivity contribution in [2.45, 2.75) is 26.3 Å². The fraction of sp³-hybridized carbons (Fsp3) is 0.700. The van der Waals surface area contributed by atoms with Gasteiger partial charge in [-0.25, -0.2) is 4.98 Å². The van der Waals surface area contributed by atoms with Crippen molar-refractivity contribution in [2.24, 2.45) is 11.7 Å². The third kappa shape index (κ3) is 3.36. The quantitative estimate of drug-likeness (QED) is 0.757. The summed E-state index contributed by atoms with van der Waals surface area (Å²) < 4.78 is 0. The lowest BCUT2D eigenvalue weighted by atomic mass is 10.1. The molecule has 3 nitrogen and oxygen atoms in total. The summed E-state index contributed by atoms with van der Waals surface area (Å²) in [6.45, 7) is 6.03. The monoisotopic (exact) mass is 213 g/mol. The van der Waals surface area contributed by atoms with Crippen LogP contribution in [0.1, 0.15) is 31.3 Å². The molecule has 0 saturated carbocycles. The van der Waals surface area contributed by atoms with Crippen molar-refractivity contribution >= 4 is 11.3 Å². The van der Waals surface area contributed by atoms with E-state index in [2.05, 4.69) is 24.1 Å². The van der Waals surface area contributed by atoms with Crippen molar-refractivity contribution in [3.8, 4) is 0 Å². The number of nitrogens with zero attached hydrogens (tertiary/aromatic N) is 1. The van der Waals surface area contributed by atoms with Gasteiger partial charge in [-0.2, -0.15) is 0 Å². The maximum absolute atomic E-state index is 5.57. The van der Waals surface area contributed by atoms with Gasteiger partial charge in [0.25, 0.3) is 0 Å². The highest BCUT2D eigenvalue weighted by atomic mass is 32.1. The van der Waals surface area contributed by atoms with Gasteiger partial charge in [-0.1, -0.05) is 13.8 Å². The maximum atomic E-state index is 5.57. The summed E-state index contributed by atoms with van der Waals surface area (Å²) in [6.07, 6.45) is 2.93. The Hall–Kier alpha value is -0.450. The minimum atomic E-state index is 0.393. The van der Waals surface area contributed by atoms with Crippen LogP contribution in [0.4, 0.5) is 0 Å². The van der Waals surface area contributed by atoms with Gasteiger partial charge in [0, 0.05) is 11.6 Å². The van der Waals surface area contributed by atoms with Crippen molar-refractivity contribution in [2.75, 3.05) is 13.1 Å². The average Bonchev–Trinajstić information content (AvgIpc) is 2.72. The molecule has 0 aliphatic rings. The van der Waals surface area contributed by atoms with E-state index in [0.29, 0.717) is 12.0 Å². The highest BCUT2D eigenvalue weighted by molar-refractivity contribution is 7.09. The Morgan fingerprint density at radius 3 is 2.93 bits per heavy atom. The lowest BCUT2D eigenvalue weighted by molar-refractivity contribution is 0.449. The third-order valence-electron chi connectivity index (χ3n) is 2.27. The minimum absolute atomic E-state index is 0.393. The molecule has 1 aromatic rings. The molecule has 0 bridgehead atoms. The molecule has 3 N–H and O–H groups in total. The summed E-state index contributed by atoms with van der Waals surface area (Å²) in [4.78, 5) is 4.32. The standard InChI is InChI=1S/C10H19N3S/c1-3-9(10-12-4-5-14-10)13-7-8(2)6-11/h4-5,8-9,13H,3,6-7,11H2,1-2H3. The maximum Gasteiger partial charge on any atom is 0.109 e. The molecular weight excluding hydrogens is 194 g/mol. The average molecular weight is 213 g/mol. The van der Waals surface area contributed by atoms with E-state index in [1.807, 2.05) is 11.6 Å². The van der Waals surface area contributed by atoms with Crippen LogP contribution in [-0.2, 0) is 0 Å². The first-order chi connectivity index (χ1) is 6.77. The van der Waals surface area contributed by atoms with Crippen LogP contribution in [0, 0.1) is 5.92 Å². The van der Waals surface area contributed by atoms with E-state index in [1.54, 1.807) is 11.3 Å². The van der Waals surface area contributed by atoms with Gasteiger partial charge in [-0.15, -0.1) is 11.3 Å². The Morgan fingerprint density at radius 2 is 2.43 bits per heavy atom. The first-order valence-corrected chi connectivity index (χ1v) is 5.98. The van der Waals surface area contributed by atoms with Crippen LogP contribution < -0.4 is 11.1 Å². The molecule has 2 atom stereocenters. The van der Waals surface area contributed by atoms with Crippen LogP contribution in [0.15, 0.2) is 11.6 Å². The fourth-order valence-corrected chi connectivity index (χ4v) is 2.04. The molecule has 0 fully saturated rings. The van der Waals surface area contributed by atoms with Crippen molar-refractivity contribution in [1.82, 2.24) is 10.3 Å². The van der Waals surface area contributed by atoms with Crippen LogP contribution in [-0.4, -0.2) is 18.1 Å². The van der Waals surface area contributed by atoms with E-state index < -0.39 is 0 Å². The molecule has 4 heteroatoms. The second-order valence-electron chi connectivity index (χ2n) is 3.58. The summed E-state index contributed by atoms with van der Waals surface area (Å²) in [7, 11) is 0. The molecule has 14 heavy (non-hydrogen) atoms. The molecule has 80 valence electrons. The lowest BCUT2D eigenvalue weighted by Crippen LogP contribution is -2.29. The Bertz CT molecular complexity index is 236. The van der Waals surface area contributed by atoms with Crippen LogP contribution in [0.25, 0.3) is 0 Å². The molecule has 0 aromatic carbocycles.